The zero-order valence-electron chi connectivity index (χ0n) is 10.5. The van der Waals surface area contributed by atoms with Crippen LogP contribution in [0.15, 0.2) is 46.9 Å². The third-order valence-corrected chi connectivity index (χ3v) is 3.45. The van der Waals surface area contributed by atoms with Crippen LogP contribution in [0.2, 0.25) is 0 Å². The Labute approximate surface area is 120 Å². The summed E-state index contributed by atoms with van der Waals surface area (Å²) < 4.78 is 0.919. The fraction of sp³-hybridized carbons (Fsp3) is 0.133. The van der Waals surface area contributed by atoms with Crippen molar-refractivity contribution in [3.63, 3.8) is 0 Å². The van der Waals surface area contributed by atoms with Gasteiger partial charge in [0.15, 0.2) is 0 Å². The normalized spacial score (nSPS) is 10.0. The van der Waals surface area contributed by atoms with Gasteiger partial charge in [0.2, 0.25) is 0 Å². The fourth-order valence-electron chi connectivity index (χ4n) is 2.00. The van der Waals surface area contributed by atoms with Gasteiger partial charge >= 0.3 is 0 Å². The molecule has 0 fully saturated rings. The van der Waals surface area contributed by atoms with Gasteiger partial charge in [-0.15, -0.1) is 0 Å². The largest absolute Gasteiger partial charge is 0.392 e. The average molecular weight is 317 g/mol. The van der Waals surface area contributed by atoms with Crippen molar-refractivity contribution in [2.45, 2.75) is 6.61 Å². The second-order valence-electron chi connectivity index (χ2n) is 4.12. The van der Waals surface area contributed by atoms with Gasteiger partial charge in [-0.05, 0) is 30.3 Å². The van der Waals surface area contributed by atoms with E-state index in [1.54, 1.807) is 6.07 Å². The highest BCUT2D eigenvalue weighted by Gasteiger charge is 2.12. The number of benzene rings is 2. The molecule has 3 nitrogen and oxygen atoms in total. The van der Waals surface area contributed by atoms with Crippen LogP contribution < -0.4 is 4.90 Å². The van der Waals surface area contributed by atoms with Crippen molar-refractivity contribution in [3.8, 4) is 6.07 Å². The predicted molar refractivity (Wildman–Crippen MR) is 79.3 cm³/mol. The Morgan fingerprint density at radius 2 is 1.95 bits per heavy atom. The number of halogens is 1. The van der Waals surface area contributed by atoms with E-state index in [2.05, 4.69) is 22.0 Å². The molecule has 96 valence electrons. The molecule has 2 aromatic rings. The summed E-state index contributed by atoms with van der Waals surface area (Å²) >= 11 is 3.39. The first-order chi connectivity index (χ1) is 9.17. The van der Waals surface area contributed by atoms with E-state index in [9.17, 15) is 5.11 Å². The smallest absolute Gasteiger partial charge is 0.101 e. The maximum atomic E-state index is 9.45. The molecule has 0 saturated heterocycles. The summed E-state index contributed by atoms with van der Waals surface area (Å²) in [4.78, 5) is 1.91. The topological polar surface area (TPSA) is 47.3 Å². The van der Waals surface area contributed by atoms with E-state index in [0.29, 0.717) is 5.56 Å². The minimum atomic E-state index is -0.0478. The van der Waals surface area contributed by atoms with E-state index >= 15 is 0 Å². The molecule has 0 saturated carbocycles. The lowest BCUT2D eigenvalue weighted by molar-refractivity contribution is 0.282. The highest BCUT2D eigenvalue weighted by molar-refractivity contribution is 9.10. The maximum Gasteiger partial charge on any atom is 0.101 e. The van der Waals surface area contributed by atoms with Crippen molar-refractivity contribution in [2.24, 2.45) is 0 Å². The first-order valence-corrected chi connectivity index (χ1v) is 6.59. The Bertz CT molecular complexity index is 634. The molecule has 0 atom stereocenters. The van der Waals surface area contributed by atoms with E-state index in [0.717, 1.165) is 21.4 Å². The molecule has 2 rings (SSSR count). The summed E-state index contributed by atoms with van der Waals surface area (Å²) in [7, 11) is 1.89. The molecule has 4 heteroatoms. The van der Waals surface area contributed by atoms with Crippen LogP contribution in [0.4, 0.5) is 11.4 Å². The lowest BCUT2D eigenvalue weighted by Crippen LogP contribution is -2.13. The van der Waals surface area contributed by atoms with Crippen LogP contribution >= 0.6 is 15.9 Å². The molecule has 0 aliphatic heterocycles. The number of aliphatic hydroxyl groups excluding tert-OH is 1. The highest BCUT2D eigenvalue weighted by Crippen LogP contribution is 2.31. The number of anilines is 2. The van der Waals surface area contributed by atoms with Crippen molar-refractivity contribution in [1.82, 2.24) is 0 Å². The van der Waals surface area contributed by atoms with Crippen molar-refractivity contribution in [1.29, 1.82) is 5.26 Å². The van der Waals surface area contributed by atoms with Crippen LogP contribution in [0.3, 0.4) is 0 Å². The molecular formula is C15H13BrN2O. The summed E-state index contributed by atoms with van der Waals surface area (Å²) in [5, 5.41) is 18.6. The van der Waals surface area contributed by atoms with E-state index in [1.165, 1.54) is 0 Å². The van der Waals surface area contributed by atoms with E-state index in [1.807, 2.05) is 48.3 Å². The first-order valence-electron chi connectivity index (χ1n) is 5.79. The molecule has 0 aromatic heterocycles. The van der Waals surface area contributed by atoms with Crippen molar-refractivity contribution in [3.05, 3.63) is 58.1 Å². The van der Waals surface area contributed by atoms with Gasteiger partial charge in [0.25, 0.3) is 0 Å². The molecule has 0 aliphatic rings. The molecular weight excluding hydrogens is 304 g/mol. The Kier molecular flexibility index (Phi) is 4.20. The zero-order valence-corrected chi connectivity index (χ0v) is 12.1. The van der Waals surface area contributed by atoms with E-state index < -0.39 is 0 Å². The number of hydrogen-bond acceptors (Lipinski definition) is 3. The molecule has 1 N–H and O–H groups in total. The summed E-state index contributed by atoms with van der Waals surface area (Å²) in [5.74, 6) is 0. The Morgan fingerprint density at radius 1 is 1.21 bits per heavy atom. The molecule has 0 unspecified atom stereocenters. The van der Waals surface area contributed by atoms with E-state index in [-0.39, 0.29) is 6.61 Å². The number of rotatable bonds is 3. The third-order valence-electron chi connectivity index (χ3n) is 2.96. The monoisotopic (exact) mass is 316 g/mol. The highest BCUT2D eigenvalue weighted by atomic mass is 79.9. The first kappa shape index (κ1) is 13.6. The van der Waals surface area contributed by atoms with Gasteiger partial charge in [-0.3, -0.25) is 0 Å². The van der Waals surface area contributed by atoms with Gasteiger partial charge in [0.05, 0.1) is 17.9 Å². The summed E-state index contributed by atoms with van der Waals surface area (Å²) in [5.41, 5.74) is 3.12. The molecule has 0 amide bonds. The Morgan fingerprint density at radius 3 is 2.63 bits per heavy atom. The number of aliphatic hydroxyl groups is 1. The summed E-state index contributed by atoms with van der Waals surface area (Å²) in [6.07, 6.45) is 0. The van der Waals surface area contributed by atoms with Crippen LogP contribution in [0, 0.1) is 11.3 Å². The molecule has 0 bridgehead atoms. The second kappa shape index (κ2) is 5.87. The van der Waals surface area contributed by atoms with Gasteiger partial charge in [-0.25, -0.2) is 0 Å². The van der Waals surface area contributed by atoms with Crippen LogP contribution in [0.25, 0.3) is 0 Å². The number of hydrogen-bond donors (Lipinski definition) is 1. The average Bonchev–Trinajstić information content (AvgIpc) is 2.46. The summed E-state index contributed by atoms with van der Waals surface area (Å²) in [6, 6.07) is 15.3. The van der Waals surface area contributed by atoms with Gasteiger partial charge in [0, 0.05) is 22.8 Å². The molecule has 0 spiro atoms. The number of para-hydroxylation sites is 1. The lowest BCUT2D eigenvalue weighted by atomic mass is 10.1. The minimum Gasteiger partial charge on any atom is -0.392 e. The summed E-state index contributed by atoms with van der Waals surface area (Å²) in [6.45, 7) is -0.0478. The molecule has 0 radical (unpaired) electrons. The third kappa shape index (κ3) is 2.78. The number of nitriles is 1. The van der Waals surface area contributed by atoms with Crippen LogP contribution in [-0.2, 0) is 6.61 Å². The number of nitrogens with zero attached hydrogens (tertiary/aromatic N) is 2. The fourth-order valence-corrected chi connectivity index (χ4v) is 2.41. The molecule has 19 heavy (non-hydrogen) atoms. The molecule has 2 aromatic carbocycles. The van der Waals surface area contributed by atoms with Gasteiger partial charge in [-0.2, -0.15) is 5.26 Å². The Hall–Kier alpha value is -1.83. The Balaban J connectivity index is 2.50. The molecule has 0 heterocycles. The van der Waals surface area contributed by atoms with Crippen LogP contribution in [-0.4, -0.2) is 12.2 Å². The van der Waals surface area contributed by atoms with Gasteiger partial charge < -0.3 is 10.0 Å². The van der Waals surface area contributed by atoms with E-state index in [4.69, 9.17) is 5.26 Å². The van der Waals surface area contributed by atoms with Crippen molar-refractivity contribution in [2.75, 3.05) is 11.9 Å². The lowest BCUT2D eigenvalue weighted by Gasteiger charge is -2.23. The minimum absolute atomic E-state index is 0.0478. The molecule has 0 aliphatic carbocycles. The SMILES string of the molecule is CN(c1ccccc1C#N)c1ccc(Br)cc1CO. The zero-order chi connectivity index (χ0) is 13.8. The quantitative estimate of drug-likeness (QED) is 0.941. The van der Waals surface area contributed by atoms with Gasteiger partial charge in [0.1, 0.15) is 6.07 Å². The predicted octanol–water partition coefficient (Wildman–Crippen LogP) is 3.58. The van der Waals surface area contributed by atoms with Crippen molar-refractivity contribution >= 4 is 27.3 Å². The standard InChI is InChI=1S/C15H13BrN2O/c1-18(14-5-3-2-4-11(14)9-17)15-7-6-13(16)8-12(15)10-19/h2-8,19H,10H2,1H3. The van der Waals surface area contributed by atoms with Crippen molar-refractivity contribution < 1.29 is 5.11 Å². The second-order valence-corrected chi connectivity index (χ2v) is 5.03. The van der Waals surface area contributed by atoms with Crippen LogP contribution in [0.5, 0.6) is 0 Å². The maximum absolute atomic E-state index is 9.45. The van der Waals surface area contributed by atoms with Crippen LogP contribution in [0.1, 0.15) is 11.1 Å². The van der Waals surface area contributed by atoms with Gasteiger partial charge in [-0.1, -0.05) is 28.1 Å².